The Hall–Kier alpha value is -1.50. The van der Waals surface area contributed by atoms with Crippen molar-refractivity contribution in [2.75, 3.05) is 0 Å². The lowest BCUT2D eigenvalue weighted by atomic mass is 10.1. The molecule has 0 spiro atoms. The standard InChI is InChI=1S/C17H18ClN3.ClH/c18-16-15(10-11-19)21(12-13-6-2-1-3-7-13)17(20-16)14-8-4-5-9-14;/h1-3,6-7,14H,4-5,8-10,12H2;1H. The molecule has 0 unspecified atom stereocenters. The van der Waals surface area contributed by atoms with Crippen molar-refractivity contribution in [2.45, 2.75) is 44.6 Å². The molecular formula is C17H19Cl2N3. The topological polar surface area (TPSA) is 41.6 Å². The second-order valence-corrected chi connectivity index (χ2v) is 5.95. The van der Waals surface area contributed by atoms with Gasteiger partial charge in [-0.1, -0.05) is 54.8 Å². The first-order valence-electron chi connectivity index (χ1n) is 7.45. The Bertz CT molecular complexity index is 653. The van der Waals surface area contributed by atoms with Gasteiger partial charge < -0.3 is 4.57 Å². The predicted octanol–water partition coefficient (Wildman–Crippen LogP) is 4.73. The minimum absolute atomic E-state index is 0. The van der Waals surface area contributed by atoms with Gasteiger partial charge in [0, 0.05) is 12.5 Å². The largest absolute Gasteiger partial charge is 0.325 e. The molecule has 1 saturated carbocycles. The second-order valence-electron chi connectivity index (χ2n) is 5.60. The first kappa shape index (κ1) is 16.9. The van der Waals surface area contributed by atoms with Crippen molar-refractivity contribution in [2.24, 2.45) is 0 Å². The van der Waals surface area contributed by atoms with Crippen LogP contribution in [0, 0.1) is 11.3 Å². The lowest BCUT2D eigenvalue weighted by molar-refractivity contribution is 0.601. The van der Waals surface area contributed by atoms with Crippen LogP contribution in [0.3, 0.4) is 0 Å². The lowest BCUT2D eigenvalue weighted by Crippen LogP contribution is -2.11. The third-order valence-corrected chi connectivity index (χ3v) is 4.51. The minimum Gasteiger partial charge on any atom is -0.325 e. The molecule has 1 aromatic heterocycles. The van der Waals surface area contributed by atoms with Gasteiger partial charge in [0.2, 0.25) is 0 Å². The van der Waals surface area contributed by atoms with E-state index in [1.807, 2.05) is 18.2 Å². The first-order chi connectivity index (χ1) is 10.3. The van der Waals surface area contributed by atoms with Crippen molar-refractivity contribution in [3.63, 3.8) is 0 Å². The van der Waals surface area contributed by atoms with Gasteiger partial charge >= 0.3 is 0 Å². The molecule has 0 saturated heterocycles. The van der Waals surface area contributed by atoms with Crippen LogP contribution in [0.25, 0.3) is 0 Å². The highest BCUT2D eigenvalue weighted by atomic mass is 35.5. The fourth-order valence-electron chi connectivity index (χ4n) is 3.16. The van der Waals surface area contributed by atoms with Crippen LogP contribution in [0.2, 0.25) is 5.15 Å². The van der Waals surface area contributed by atoms with Crippen LogP contribution >= 0.6 is 24.0 Å². The van der Waals surface area contributed by atoms with Crippen molar-refractivity contribution in [3.8, 4) is 6.07 Å². The van der Waals surface area contributed by atoms with Crippen molar-refractivity contribution < 1.29 is 0 Å². The molecule has 5 heteroatoms. The number of benzene rings is 1. The zero-order valence-electron chi connectivity index (χ0n) is 12.3. The highest BCUT2D eigenvalue weighted by molar-refractivity contribution is 6.30. The average molecular weight is 336 g/mol. The van der Waals surface area contributed by atoms with Gasteiger partial charge in [0.25, 0.3) is 0 Å². The van der Waals surface area contributed by atoms with E-state index in [1.54, 1.807) is 0 Å². The molecule has 3 rings (SSSR count). The number of aromatic nitrogens is 2. The quantitative estimate of drug-likeness (QED) is 0.810. The van der Waals surface area contributed by atoms with E-state index in [9.17, 15) is 0 Å². The molecule has 0 aliphatic heterocycles. The van der Waals surface area contributed by atoms with Crippen LogP contribution < -0.4 is 0 Å². The summed E-state index contributed by atoms with van der Waals surface area (Å²) in [6.45, 7) is 0.739. The maximum absolute atomic E-state index is 9.06. The molecular weight excluding hydrogens is 317 g/mol. The van der Waals surface area contributed by atoms with E-state index >= 15 is 0 Å². The predicted molar refractivity (Wildman–Crippen MR) is 90.6 cm³/mol. The number of rotatable bonds is 4. The van der Waals surface area contributed by atoms with Crippen LogP contribution in [0.5, 0.6) is 0 Å². The average Bonchev–Trinajstić information content (AvgIpc) is 3.12. The first-order valence-corrected chi connectivity index (χ1v) is 7.83. The molecule has 1 fully saturated rings. The lowest BCUT2D eigenvalue weighted by Gasteiger charge is -2.14. The summed E-state index contributed by atoms with van der Waals surface area (Å²) in [5.74, 6) is 1.55. The zero-order chi connectivity index (χ0) is 14.7. The van der Waals surface area contributed by atoms with Crippen LogP contribution in [0.1, 0.15) is 48.7 Å². The molecule has 1 aromatic carbocycles. The summed E-state index contributed by atoms with van der Waals surface area (Å²) in [6, 6.07) is 12.5. The van der Waals surface area contributed by atoms with E-state index in [2.05, 4.69) is 27.8 Å². The van der Waals surface area contributed by atoms with Gasteiger partial charge in [-0.2, -0.15) is 5.26 Å². The van der Waals surface area contributed by atoms with Gasteiger partial charge in [0.05, 0.1) is 18.2 Å². The molecule has 1 aliphatic carbocycles. The third kappa shape index (κ3) is 3.45. The molecule has 0 amide bonds. The number of hydrogen-bond acceptors (Lipinski definition) is 2. The van der Waals surface area contributed by atoms with Crippen LogP contribution in [0.4, 0.5) is 0 Å². The van der Waals surface area contributed by atoms with Crippen molar-refractivity contribution in [3.05, 3.63) is 52.6 Å². The molecule has 0 radical (unpaired) electrons. The maximum atomic E-state index is 9.06. The minimum atomic E-state index is 0. The molecule has 0 atom stereocenters. The highest BCUT2D eigenvalue weighted by Gasteiger charge is 2.25. The third-order valence-electron chi connectivity index (χ3n) is 4.20. The molecule has 22 heavy (non-hydrogen) atoms. The van der Waals surface area contributed by atoms with Crippen molar-refractivity contribution in [1.82, 2.24) is 9.55 Å². The van der Waals surface area contributed by atoms with E-state index in [0.29, 0.717) is 17.5 Å². The Balaban J connectivity index is 0.00000176. The Morgan fingerprint density at radius 2 is 1.91 bits per heavy atom. The summed E-state index contributed by atoms with van der Waals surface area (Å²) in [4.78, 5) is 4.58. The fourth-order valence-corrected chi connectivity index (χ4v) is 3.41. The van der Waals surface area contributed by atoms with Gasteiger partial charge in [0.15, 0.2) is 5.15 Å². The summed E-state index contributed by atoms with van der Waals surface area (Å²) in [5, 5.41) is 9.55. The molecule has 116 valence electrons. The number of nitrogens with zero attached hydrogens (tertiary/aromatic N) is 3. The summed E-state index contributed by atoms with van der Waals surface area (Å²) in [6.07, 6.45) is 5.18. The highest BCUT2D eigenvalue weighted by Crippen LogP contribution is 2.35. The van der Waals surface area contributed by atoms with Crippen LogP contribution in [0.15, 0.2) is 30.3 Å². The monoisotopic (exact) mass is 335 g/mol. The van der Waals surface area contributed by atoms with Gasteiger partial charge in [-0.05, 0) is 18.4 Å². The number of hydrogen-bond donors (Lipinski definition) is 0. The Labute approximate surface area is 142 Å². The maximum Gasteiger partial charge on any atom is 0.151 e. The zero-order valence-corrected chi connectivity index (χ0v) is 13.9. The fraction of sp³-hybridized carbons (Fsp3) is 0.412. The molecule has 1 aliphatic rings. The van der Waals surface area contributed by atoms with E-state index in [4.69, 9.17) is 16.9 Å². The summed E-state index contributed by atoms with van der Waals surface area (Å²) >= 11 is 6.29. The molecule has 0 bridgehead atoms. The van der Waals surface area contributed by atoms with Gasteiger partial charge in [-0.25, -0.2) is 4.98 Å². The SMILES string of the molecule is Cl.N#CCc1c(Cl)nc(C2CCCC2)n1Cc1ccccc1. The van der Waals surface area contributed by atoms with Gasteiger partial charge in [0.1, 0.15) is 5.82 Å². The number of nitriles is 1. The second kappa shape index (κ2) is 7.67. The summed E-state index contributed by atoms with van der Waals surface area (Å²) < 4.78 is 2.16. The van der Waals surface area contributed by atoms with Crippen molar-refractivity contribution in [1.29, 1.82) is 5.26 Å². The van der Waals surface area contributed by atoms with E-state index < -0.39 is 0 Å². The smallest absolute Gasteiger partial charge is 0.151 e. The van der Waals surface area contributed by atoms with Crippen molar-refractivity contribution >= 4 is 24.0 Å². The Kier molecular flexibility index (Phi) is 5.88. The number of halogens is 2. The Morgan fingerprint density at radius 1 is 1.23 bits per heavy atom. The Morgan fingerprint density at radius 3 is 2.55 bits per heavy atom. The number of imidazole rings is 1. The molecule has 3 nitrogen and oxygen atoms in total. The molecule has 0 N–H and O–H groups in total. The van der Waals surface area contributed by atoms with Gasteiger partial charge in [-0.3, -0.25) is 0 Å². The van der Waals surface area contributed by atoms with Crippen LogP contribution in [-0.4, -0.2) is 9.55 Å². The van der Waals surface area contributed by atoms with E-state index in [0.717, 1.165) is 18.1 Å². The van der Waals surface area contributed by atoms with E-state index in [-0.39, 0.29) is 12.4 Å². The summed E-state index contributed by atoms with van der Waals surface area (Å²) in [7, 11) is 0. The molecule has 1 heterocycles. The normalized spacial score (nSPS) is 14.5. The molecule has 2 aromatic rings. The van der Waals surface area contributed by atoms with E-state index in [1.165, 1.54) is 31.2 Å². The van der Waals surface area contributed by atoms with Crippen LogP contribution in [-0.2, 0) is 13.0 Å². The summed E-state index contributed by atoms with van der Waals surface area (Å²) in [5.41, 5.74) is 2.06. The van der Waals surface area contributed by atoms with Gasteiger partial charge in [-0.15, -0.1) is 12.4 Å².